The van der Waals surface area contributed by atoms with Gasteiger partial charge in [0.2, 0.25) is 0 Å². The third kappa shape index (κ3) is 2.62. The minimum atomic E-state index is -0.212. The zero-order chi connectivity index (χ0) is 16.5. The summed E-state index contributed by atoms with van der Waals surface area (Å²) in [4.78, 5) is 16.5. The molecule has 1 saturated heterocycles. The lowest BCUT2D eigenvalue weighted by atomic mass is 10.2. The summed E-state index contributed by atoms with van der Waals surface area (Å²) in [7, 11) is 0. The number of piperazine rings is 1. The van der Waals surface area contributed by atoms with Crippen molar-refractivity contribution >= 4 is 17.1 Å². The molecular weight excluding hydrogens is 305 g/mol. The van der Waals surface area contributed by atoms with Crippen molar-refractivity contribution in [2.75, 3.05) is 31.1 Å². The fourth-order valence-corrected chi connectivity index (χ4v) is 3.21. The highest BCUT2D eigenvalue weighted by Gasteiger charge is 2.24. The molecule has 0 radical (unpaired) electrons. The monoisotopic (exact) mass is 323 g/mol. The third-order valence-electron chi connectivity index (χ3n) is 4.51. The van der Waals surface area contributed by atoms with E-state index in [0.29, 0.717) is 37.4 Å². The van der Waals surface area contributed by atoms with E-state index in [0.717, 1.165) is 5.52 Å². The Morgan fingerprint density at radius 1 is 0.958 bits per heavy atom. The van der Waals surface area contributed by atoms with E-state index >= 15 is 0 Å². The Labute approximate surface area is 139 Å². The highest BCUT2D eigenvalue weighted by Crippen LogP contribution is 2.21. The number of hydrogen-bond donors (Lipinski definition) is 0. The number of aromatic nitrogens is 1. The Kier molecular flexibility index (Phi) is 3.69. The van der Waals surface area contributed by atoms with E-state index < -0.39 is 0 Å². The number of carbonyl (C=O) groups excluding carboxylic acids is 1. The van der Waals surface area contributed by atoms with Crippen LogP contribution in [-0.4, -0.2) is 41.4 Å². The van der Waals surface area contributed by atoms with Crippen molar-refractivity contribution < 1.29 is 9.18 Å². The molecule has 5 heteroatoms. The molecule has 0 unspecified atom stereocenters. The van der Waals surface area contributed by atoms with E-state index in [4.69, 9.17) is 0 Å². The summed E-state index contributed by atoms with van der Waals surface area (Å²) in [5, 5.41) is 0. The van der Waals surface area contributed by atoms with Gasteiger partial charge in [0.25, 0.3) is 5.91 Å². The van der Waals surface area contributed by atoms with Crippen LogP contribution in [0.1, 0.15) is 10.4 Å². The van der Waals surface area contributed by atoms with Crippen LogP contribution >= 0.6 is 0 Å². The summed E-state index contributed by atoms with van der Waals surface area (Å²) in [6, 6.07) is 14.6. The minimum absolute atomic E-state index is 0.0342. The fourth-order valence-electron chi connectivity index (χ4n) is 3.21. The molecule has 0 bridgehead atoms. The van der Waals surface area contributed by atoms with E-state index in [1.54, 1.807) is 12.1 Å². The van der Waals surface area contributed by atoms with Crippen molar-refractivity contribution in [3.05, 3.63) is 72.3 Å². The standard InChI is InChI=1S/C19H18FN3O/c20-17-6-1-2-7-18(17)21-9-11-22(12-10-21)19(24)15-13-16-5-3-4-8-23(16)14-15/h1-8,13-14H,9-12H2. The number of nitrogens with zero attached hydrogens (tertiary/aromatic N) is 3. The number of amides is 1. The van der Waals surface area contributed by atoms with Crippen molar-refractivity contribution in [3.63, 3.8) is 0 Å². The van der Waals surface area contributed by atoms with Gasteiger partial charge < -0.3 is 14.2 Å². The Morgan fingerprint density at radius 3 is 2.46 bits per heavy atom. The molecule has 1 amide bonds. The van der Waals surface area contributed by atoms with Crippen LogP contribution in [0, 0.1) is 5.82 Å². The zero-order valence-electron chi connectivity index (χ0n) is 13.2. The number of pyridine rings is 1. The average molecular weight is 323 g/mol. The minimum Gasteiger partial charge on any atom is -0.366 e. The number of benzene rings is 1. The SMILES string of the molecule is O=C(c1cc2ccccn2c1)N1CCN(c2ccccc2F)CC1. The molecule has 4 nitrogen and oxygen atoms in total. The van der Waals surface area contributed by atoms with E-state index in [1.807, 2.05) is 56.9 Å². The first-order valence-electron chi connectivity index (χ1n) is 8.08. The van der Waals surface area contributed by atoms with Crippen LogP contribution in [-0.2, 0) is 0 Å². The van der Waals surface area contributed by atoms with Gasteiger partial charge in [-0.2, -0.15) is 0 Å². The smallest absolute Gasteiger partial charge is 0.255 e. The number of rotatable bonds is 2. The summed E-state index contributed by atoms with van der Waals surface area (Å²) in [6.07, 6.45) is 3.79. The van der Waals surface area contributed by atoms with Gasteiger partial charge in [-0.05, 0) is 30.3 Å². The van der Waals surface area contributed by atoms with Crippen molar-refractivity contribution in [2.24, 2.45) is 0 Å². The van der Waals surface area contributed by atoms with Crippen LogP contribution < -0.4 is 4.90 Å². The molecule has 0 atom stereocenters. The number of para-hydroxylation sites is 1. The molecule has 4 rings (SSSR count). The molecule has 122 valence electrons. The second-order valence-electron chi connectivity index (χ2n) is 5.99. The van der Waals surface area contributed by atoms with Gasteiger partial charge in [0, 0.05) is 44.1 Å². The first kappa shape index (κ1) is 14.8. The first-order chi connectivity index (χ1) is 11.7. The van der Waals surface area contributed by atoms with Gasteiger partial charge in [-0.25, -0.2) is 4.39 Å². The van der Waals surface area contributed by atoms with Crippen LogP contribution in [0.3, 0.4) is 0 Å². The average Bonchev–Trinajstić information content (AvgIpc) is 3.06. The van der Waals surface area contributed by atoms with E-state index in [9.17, 15) is 9.18 Å². The van der Waals surface area contributed by atoms with Crippen molar-refractivity contribution in [1.29, 1.82) is 0 Å². The predicted octanol–water partition coefficient (Wildman–Crippen LogP) is 3.04. The van der Waals surface area contributed by atoms with Crippen molar-refractivity contribution in [2.45, 2.75) is 0 Å². The summed E-state index contributed by atoms with van der Waals surface area (Å²) in [5.74, 6) is -0.178. The van der Waals surface area contributed by atoms with Gasteiger partial charge >= 0.3 is 0 Å². The maximum absolute atomic E-state index is 13.9. The first-order valence-corrected chi connectivity index (χ1v) is 8.08. The Balaban J connectivity index is 1.47. The van der Waals surface area contributed by atoms with Crippen LogP contribution in [0.2, 0.25) is 0 Å². The van der Waals surface area contributed by atoms with Crippen LogP contribution in [0.25, 0.3) is 5.52 Å². The summed E-state index contributed by atoms with van der Waals surface area (Å²) in [5.41, 5.74) is 2.31. The highest BCUT2D eigenvalue weighted by molar-refractivity contribution is 5.95. The van der Waals surface area contributed by atoms with Crippen molar-refractivity contribution in [3.8, 4) is 0 Å². The molecule has 1 fully saturated rings. The fraction of sp³-hybridized carbons (Fsp3) is 0.211. The molecule has 0 aliphatic carbocycles. The molecule has 24 heavy (non-hydrogen) atoms. The van der Waals surface area contributed by atoms with E-state index in [-0.39, 0.29) is 11.7 Å². The Bertz CT molecular complexity index is 848. The van der Waals surface area contributed by atoms with Crippen LogP contribution in [0.5, 0.6) is 0 Å². The van der Waals surface area contributed by atoms with Crippen molar-refractivity contribution in [1.82, 2.24) is 9.30 Å². The molecule has 1 aliphatic rings. The number of halogens is 1. The number of carbonyl (C=O) groups is 1. The normalized spacial score (nSPS) is 15.0. The molecule has 0 saturated carbocycles. The summed E-state index contributed by atoms with van der Waals surface area (Å²) >= 11 is 0. The molecule has 0 spiro atoms. The number of fused-ring (bicyclic) bond motifs is 1. The molecular formula is C19H18FN3O. The second-order valence-corrected chi connectivity index (χ2v) is 5.99. The summed E-state index contributed by atoms with van der Waals surface area (Å²) in [6.45, 7) is 2.47. The van der Waals surface area contributed by atoms with E-state index in [1.165, 1.54) is 6.07 Å². The van der Waals surface area contributed by atoms with Crippen LogP contribution in [0.4, 0.5) is 10.1 Å². The van der Waals surface area contributed by atoms with Gasteiger partial charge in [-0.3, -0.25) is 4.79 Å². The largest absolute Gasteiger partial charge is 0.366 e. The van der Waals surface area contributed by atoms with Crippen LogP contribution in [0.15, 0.2) is 60.9 Å². The van der Waals surface area contributed by atoms with Gasteiger partial charge in [0.05, 0.1) is 11.3 Å². The molecule has 3 aromatic rings. The quantitative estimate of drug-likeness (QED) is 0.725. The Morgan fingerprint density at radius 2 is 1.71 bits per heavy atom. The molecule has 0 N–H and O–H groups in total. The van der Waals surface area contributed by atoms with Gasteiger partial charge in [-0.15, -0.1) is 0 Å². The maximum atomic E-state index is 13.9. The van der Waals surface area contributed by atoms with E-state index in [2.05, 4.69) is 0 Å². The maximum Gasteiger partial charge on any atom is 0.255 e. The predicted molar refractivity (Wildman–Crippen MR) is 91.9 cm³/mol. The lowest BCUT2D eigenvalue weighted by molar-refractivity contribution is 0.0747. The third-order valence-corrected chi connectivity index (χ3v) is 4.51. The molecule has 1 aromatic carbocycles. The second kappa shape index (κ2) is 6.00. The lowest BCUT2D eigenvalue weighted by Gasteiger charge is -2.36. The highest BCUT2D eigenvalue weighted by atomic mass is 19.1. The lowest BCUT2D eigenvalue weighted by Crippen LogP contribution is -2.49. The van der Waals surface area contributed by atoms with Gasteiger partial charge in [-0.1, -0.05) is 18.2 Å². The molecule has 2 aromatic heterocycles. The topological polar surface area (TPSA) is 28.0 Å². The Hall–Kier alpha value is -2.82. The molecule has 1 aliphatic heterocycles. The van der Waals surface area contributed by atoms with Gasteiger partial charge in [0.1, 0.15) is 5.82 Å². The van der Waals surface area contributed by atoms with Gasteiger partial charge in [0.15, 0.2) is 0 Å². The number of hydrogen-bond acceptors (Lipinski definition) is 2. The number of anilines is 1. The summed E-state index contributed by atoms with van der Waals surface area (Å²) < 4.78 is 15.8. The molecule has 3 heterocycles. The zero-order valence-corrected chi connectivity index (χ0v) is 13.2.